The first-order chi connectivity index (χ1) is 18.0. The van der Waals surface area contributed by atoms with Gasteiger partial charge in [0.25, 0.3) is 5.78 Å². The molecule has 0 saturated carbocycles. The maximum absolute atomic E-state index is 13.5. The molecular weight excluding hydrogens is 492 g/mol. The van der Waals surface area contributed by atoms with Gasteiger partial charge in [-0.2, -0.15) is 0 Å². The number of methoxy groups -OCH3 is 2. The first-order valence-electron chi connectivity index (χ1n) is 11.6. The number of carbonyl (C=O) groups excluding carboxylic acids is 2. The molecule has 1 aliphatic heterocycles. The lowest BCUT2D eigenvalue weighted by Crippen LogP contribution is -2.29. The molecule has 9 heteroatoms. The first-order valence-corrected chi connectivity index (χ1v) is 12.4. The van der Waals surface area contributed by atoms with Gasteiger partial charge in [-0.1, -0.05) is 29.5 Å². The fraction of sp³-hybridized carbons (Fsp3) is 0.179. The van der Waals surface area contributed by atoms with Crippen LogP contribution in [0, 0.1) is 0 Å². The van der Waals surface area contributed by atoms with Gasteiger partial charge in [0.1, 0.15) is 29.0 Å². The number of benzene rings is 3. The number of anilines is 1. The molecule has 1 unspecified atom stereocenters. The Balaban J connectivity index is 1.70. The Morgan fingerprint density at radius 1 is 1.00 bits per heavy atom. The molecule has 2 heterocycles. The number of ether oxygens (including phenoxy) is 3. The lowest BCUT2D eigenvalue weighted by atomic mass is 9.94. The summed E-state index contributed by atoms with van der Waals surface area (Å²) in [5.74, 6) is -0.122. The van der Waals surface area contributed by atoms with E-state index < -0.39 is 17.7 Å². The van der Waals surface area contributed by atoms with Crippen molar-refractivity contribution in [2.24, 2.45) is 0 Å². The number of para-hydroxylation sites is 1. The van der Waals surface area contributed by atoms with Crippen molar-refractivity contribution < 1.29 is 28.9 Å². The third-order valence-electron chi connectivity index (χ3n) is 6.11. The number of amides is 1. The molecule has 5 rings (SSSR count). The number of rotatable bonds is 7. The van der Waals surface area contributed by atoms with Gasteiger partial charge in [-0.05, 0) is 55.5 Å². The van der Waals surface area contributed by atoms with Gasteiger partial charge in [0, 0.05) is 11.1 Å². The van der Waals surface area contributed by atoms with Crippen LogP contribution in [0.1, 0.15) is 24.1 Å². The summed E-state index contributed by atoms with van der Waals surface area (Å²) in [6.45, 7) is 2.37. The van der Waals surface area contributed by atoms with E-state index in [9.17, 15) is 14.7 Å². The molecular formula is C28H24N2O6S. The molecule has 1 aromatic heterocycles. The highest BCUT2D eigenvalue weighted by atomic mass is 32.1. The number of aliphatic hydroxyl groups excluding tert-OH is 1. The van der Waals surface area contributed by atoms with Crippen LogP contribution in [0.2, 0.25) is 0 Å². The predicted molar refractivity (Wildman–Crippen MR) is 142 cm³/mol. The number of aromatic nitrogens is 1. The zero-order valence-corrected chi connectivity index (χ0v) is 21.2. The molecule has 1 N–H and O–H groups in total. The molecule has 37 heavy (non-hydrogen) atoms. The minimum Gasteiger partial charge on any atom is -0.507 e. The van der Waals surface area contributed by atoms with E-state index in [1.54, 1.807) is 67.8 Å². The summed E-state index contributed by atoms with van der Waals surface area (Å²) in [5, 5.41) is 11.7. The number of thiazole rings is 1. The van der Waals surface area contributed by atoms with Crippen molar-refractivity contribution in [3.63, 3.8) is 0 Å². The quantitative estimate of drug-likeness (QED) is 0.201. The monoisotopic (exact) mass is 516 g/mol. The lowest BCUT2D eigenvalue weighted by molar-refractivity contribution is -0.132. The number of fused-ring (bicyclic) bond motifs is 1. The number of nitrogens with zero attached hydrogens (tertiary/aromatic N) is 2. The topological polar surface area (TPSA) is 98.2 Å². The van der Waals surface area contributed by atoms with Crippen molar-refractivity contribution in [2.45, 2.75) is 13.0 Å². The summed E-state index contributed by atoms with van der Waals surface area (Å²) < 4.78 is 17.2. The van der Waals surface area contributed by atoms with E-state index in [2.05, 4.69) is 4.98 Å². The normalized spacial score (nSPS) is 16.8. The lowest BCUT2D eigenvalue weighted by Gasteiger charge is -2.24. The predicted octanol–water partition coefficient (Wildman–Crippen LogP) is 5.34. The standard InChI is InChI=1S/C28H24N2O6S/c1-4-36-17-11-9-16(10-12-17)25(31)23-24(19-7-5-6-8-21(19)35-3)30(27(33)26(23)32)28-29-20-14-13-18(34-2)15-22(20)37-28/h5-15,24,31H,4H2,1-3H3/b25-23+. The summed E-state index contributed by atoms with van der Waals surface area (Å²) in [4.78, 5) is 32.9. The molecule has 0 radical (unpaired) electrons. The maximum Gasteiger partial charge on any atom is 0.301 e. The zero-order chi connectivity index (χ0) is 26.1. The summed E-state index contributed by atoms with van der Waals surface area (Å²) in [5.41, 5.74) is 1.55. The molecule has 1 saturated heterocycles. The van der Waals surface area contributed by atoms with Crippen molar-refractivity contribution in [3.05, 3.63) is 83.4 Å². The van der Waals surface area contributed by atoms with Crippen molar-refractivity contribution >= 4 is 44.1 Å². The first kappa shape index (κ1) is 24.3. The zero-order valence-electron chi connectivity index (χ0n) is 20.4. The summed E-state index contributed by atoms with van der Waals surface area (Å²) >= 11 is 1.26. The Morgan fingerprint density at radius 2 is 1.73 bits per heavy atom. The smallest absolute Gasteiger partial charge is 0.301 e. The van der Waals surface area contributed by atoms with Crippen LogP contribution in [0.4, 0.5) is 5.13 Å². The van der Waals surface area contributed by atoms with Crippen molar-refractivity contribution in [3.8, 4) is 17.2 Å². The number of ketones is 1. The van der Waals surface area contributed by atoms with Crippen LogP contribution in [0.3, 0.4) is 0 Å². The minimum absolute atomic E-state index is 0.0458. The Morgan fingerprint density at radius 3 is 2.43 bits per heavy atom. The minimum atomic E-state index is -0.954. The van der Waals surface area contributed by atoms with Crippen LogP contribution >= 0.6 is 11.3 Å². The summed E-state index contributed by atoms with van der Waals surface area (Å²) in [6, 6.07) is 18.3. The van der Waals surface area contributed by atoms with E-state index in [0.29, 0.717) is 45.6 Å². The van der Waals surface area contributed by atoms with Gasteiger partial charge in [-0.15, -0.1) is 0 Å². The molecule has 1 aliphatic rings. The van der Waals surface area contributed by atoms with E-state index >= 15 is 0 Å². The molecule has 1 fully saturated rings. The molecule has 0 aliphatic carbocycles. The molecule has 1 amide bonds. The van der Waals surface area contributed by atoms with E-state index in [0.717, 1.165) is 4.70 Å². The van der Waals surface area contributed by atoms with Gasteiger partial charge in [-0.25, -0.2) is 4.98 Å². The fourth-order valence-corrected chi connectivity index (χ4v) is 5.39. The van der Waals surface area contributed by atoms with Gasteiger partial charge in [-0.3, -0.25) is 14.5 Å². The van der Waals surface area contributed by atoms with Gasteiger partial charge < -0.3 is 19.3 Å². The highest BCUT2D eigenvalue weighted by molar-refractivity contribution is 7.22. The number of Topliss-reactive ketones (excluding diaryl/α,β-unsaturated/α-hetero) is 1. The van der Waals surface area contributed by atoms with Crippen LogP contribution < -0.4 is 19.1 Å². The third-order valence-corrected chi connectivity index (χ3v) is 7.12. The number of hydrogen-bond donors (Lipinski definition) is 1. The van der Waals surface area contributed by atoms with Crippen molar-refractivity contribution in [2.75, 3.05) is 25.7 Å². The van der Waals surface area contributed by atoms with Gasteiger partial charge in [0.15, 0.2) is 5.13 Å². The Kier molecular flexibility index (Phi) is 6.54. The van der Waals surface area contributed by atoms with Crippen LogP contribution in [0.15, 0.2) is 72.3 Å². The number of carbonyl (C=O) groups is 2. The Hall–Kier alpha value is -4.37. The molecule has 8 nitrogen and oxygen atoms in total. The largest absolute Gasteiger partial charge is 0.507 e. The van der Waals surface area contributed by atoms with Gasteiger partial charge >= 0.3 is 5.91 Å². The van der Waals surface area contributed by atoms with E-state index in [-0.39, 0.29) is 11.3 Å². The SMILES string of the molecule is CCOc1ccc(/C(O)=C2\C(=O)C(=O)N(c3nc4ccc(OC)cc4s3)C2c2ccccc2OC)cc1. The maximum atomic E-state index is 13.5. The van der Waals surface area contributed by atoms with E-state index in [4.69, 9.17) is 14.2 Å². The Labute approximate surface area is 217 Å². The van der Waals surface area contributed by atoms with Gasteiger partial charge in [0.05, 0.1) is 36.6 Å². The van der Waals surface area contributed by atoms with Crippen LogP contribution in [0.25, 0.3) is 16.0 Å². The average Bonchev–Trinajstić information content (AvgIpc) is 3.46. The highest BCUT2D eigenvalue weighted by Crippen LogP contribution is 2.46. The van der Waals surface area contributed by atoms with E-state index in [1.807, 2.05) is 13.0 Å². The van der Waals surface area contributed by atoms with Crippen molar-refractivity contribution in [1.82, 2.24) is 4.98 Å². The van der Waals surface area contributed by atoms with Gasteiger partial charge in [0.2, 0.25) is 0 Å². The van der Waals surface area contributed by atoms with Crippen molar-refractivity contribution in [1.29, 1.82) is 0 Å². The molecule has 0 spiro atoms. The fourth-order valence-electron chi connectivity index (χ4n) is 4.37. The average molecular weight is 517 g/mol. The molecule has 4 aromatic rings. The van der Waals surface area contributed by atoms with Crippen LogP contribution in [0.5, 0.6) is 17.2 Å². The molecule has 188 valence electrons. The summed E-state index contributed by atoms with van der Waals surface area (Å²) in [7, 11) is 3.09. The Bertz CT molecular complexity index is 1530. The molecule has 0 bridgehead atoms. The van der Waals surface area contributed by atoms with Crippen LogP contribution in [-0.4, -0.2) is 42.6 Å². The second-order valence-electron chi connectivity index (χ2n) is 8.20. The summed E-state index contributed by atoms with van der Waals surface area (Å²) in [6.07, 6.45) is 0. The van der Waals surface area contributed by atoms with E-state index in [1.165, 1.54) is 23.3 Å². The van der Waals surface area contributed by atoms with Crippen LogP contribution in [-0.2, 0) is 9.59 Å². The molecule has 3 aromatic carbocycles. The molecule has 1 atom stereocenters. The third kappa shape index (κ3) is 4.27. The second-order valence-corrected chi connectivity index (χ2v) is 9.21. The number of aliphatic hydroxyl groups is 1. The second kappa shape index (κ2) is 9.94. The number of hydrogen-bond acceptors (Lipinski definition) is 8. The highest BCUT2D eigenvalue weighted by Gasteiger charge is 2.49.